The molecule has 0 aromatic heterocycles. The molecule has 5 aromatic carbocycles. The number of fused-ring (bicyclic) bond motifs is 4. The van der Waals surface area contributed by atoms with Gasteiger partial charge < -0.3 is 9.47 Å². The number of rotatable bonds is 4. The SMILES string of the molecule is COC(=O)C1(C(=O)OC)Cc2c(c(-c3ccccc3)c3c(ccc4ccccc43)c2-c2ccccc2)C1. The molecule has 0 amide bonds. The normalized spacial score (nSPS) is 13.9. The highest BCUT2D eigenvalue weighted by molar-refractivity contribution is 6.20. The fraction of sp³-hybridized carbons (Fsp3) is 0.152. The molecule has 4 nitrogen and oxygen atoms in total. The van der Waals surface area contributed by atoms with Gasteiger partial charge in [-0.05, 0) is 54.9 Å². The van der Waals surface area contributed by atoms with Gasteiger partial charge in [0.05, 0.1) is 14.2 Å². The third-order valence-electron chi connectivity index (χ3n) is 7.65. The van der Waals surface area contributed by atoms with E-state index in [9.17, 15) is 9.59 Å². The molecule has 0 bridgehead atoms. The number of carbonyl (C=O) groups is 2. The Bertz CT molecular complexity index is 1650. The van der Waals surface area contributed by atoms with E-state index >= 15 is 0 Å². The molecule has 182 valence electrons. The fourth-order valence-electron chi connectivity index (χ4n) is 6.04. The number of hydrogen-bond donors (Lipinski definition) is 0. The number of carbonyl (C=O) groups excluding carboxylic acids is 2. The first-order valence-electron chi connectivity index (χ1n) is 12.4. The van der Waals surface area contributed by atoms with Gasteiger partial charge >= 0.3 is 11.9 Å². The molecule has 37 heavy (non-hydrogen) atoms. The van der Waals surface area contributed by atoms with Crippen molar-refractivity contribution in [3.05, 3.63) is 108 Å². The van der Waals surface area contributed by atoms with Crippen LogP contribution in [0.15, 0.2) is 97.1 Å². The minimum Gasteiger partial charge on any atom is -0.468 e. The van der Waals surface area contributed by atoms with E-state index in [2.05, 4.69) is 54.6 Å². The molecule has 0 aliphatic heterocycles. The Balaban J connectivity index is 1.82. The summed E-state index contributed by atoms with van der Waals surface area (Å²) in [6.07, 6.45) is 0.430. The molecule has 0 saturated carbocycles. The first-order chi connectivity index (χ1) is 18.1. The lowest BCUT2D eigenvalue weighted by Gasteiger charge is -2.22. The van der Waals surface area contributed by atoms with Crippen LogP contribution < -0.4 is 0 Å². The largest absolute Gasteiger partial charge is 0.468 e. The van der Waals surface area contributed by atoms with Gasteiger partial charge in [0, 0.05) is 12.8 Å². The second-order valence-corrected chi connectivity index (χ2v) is 9.57. The molecule has 0 radical (unpaired) electrons. The zero-order valence-electron chi connectivity index (χ0n) is 20.8. The molecule has 0 atom stereocenters. The summed E-state index contributed by atoms with van der Waals surface area (Å²) < 4.78 is 10.4. The standard InChI is InChI=1S/C33H26O4/c1-36-31(34)33(32(35)37-2)19-26-27(20-33)29(23-14-7-4-8-15-23)30-24-16-10-9-11-21(24)17-18-25(30)28(26)22-12-5-3-6-13-22/h3-18H,19-20H2,1-2H3. The predicted molar refractivity (Wildman–Crippen MR) is 146 cm³/mol. The van der Waals surface area contributed by atoms with Crippen molar-refractivity contribution in [3.8, 4) is 22.3 Å². The smallest absolute Gasteiger partial charge is 0.323 e. The first-order valence-corrected chi connectivity index (χ1v) is 12.4. The van der Waals surface area contributed by atoms with Gasteiger partial charge in [-0.1, -0.05) is 97.1 Å². The molecule has 0 saturated heterocycles. The van der Waals surface area contributed by atoms with Crippen molar-refractivity contribution in [2.75, 3.05) is 14.2 Å². The molecule has 5 aromatic rings. The average Bonchev–Trinajstić information content (AvgIpc) is 3.37. The predicted octanol–water partition coefficient (Wildman–Crippen LogP) is 6.76. The summed E-state index contributed by atoms with van der Waals surface area (Å²) >= 11 is 0. The molecule has 1 aliphatic carbocycles. The van der Waals surface area contributed by atoms with Crippen LogP contribution in [0.1, 0.15) is 11.1 Å². The zero-order valence-corrected chi connectivity index (χ0v) is 20.8. The van der Waals surface area contributed by atoms with Crippen molar-refractivity contribution in [1.29, 1.82) is 0 Å². The van der Waals surface area contributed by atoms with Crippen molar-refractivity contribution in [3.63, 3.8) is 0 Å². The van der Waals surface area contributed by atoms with Crippen LogP contribution in [0.2, 0.25) is 0 Å². The number of hydrogen-bond acceptors (Lipinski definition) is 4. The Kier molecular flexibility index (Phi) is 5.53. The van der Waals surface area contributed by atoms with E-state index in [1.807, 2.05) is 42.5 Å². The molecule has 0 unspecified atom stereocenters. The summed E-state index contributed by atoms with van der Waals surface area (Å²) in [5.41, 5.74) is 4.73. The van der Waals surface area contributed by atoms with Crippen molar-refractivity contribution in [2.24, 2.45) is 5.41 Å². The van der Waals surface area contributed by atoms with E-state index in [1.165, 1.54) is 14.2 Å². The number of benzene rings is 5. The van der Waals surface area contributed by atoms with Gasteiger partial charge in [0.25, 0.3) is 0 Å². The van der Waals surface area contributed by atoms with Crippen LogP contribution in [0.4, 0.5) is 0 Å². The summed E-state index contributed by atoms with van der Waals surface area (Å²) in [6.45, 7) is 0. The maximum atomic E-state index is 13.3. The van der Waals surface area contributed by atoms with E-state index in [0.29, 0.717) is 0 Å². The summed E-state index contributed by atoms with van der Waals surface area (Å²) in [5, 5.41) is 4.48. The number of esters is 2. The Morgan fingerprint density at radius 1 is 0.595 bits per heavy atom. The molecule has 4 heteroatoms. The van der Waals surface area contributed by atoms with Gasteiger partial charge in [0.2, 0.25) is 0 Å². The van der Waals surface area contributed by atoms with E-state index in [4.69, 9.17) is 9.47 Å². The molecular formula is C33H26O4. The highest BCUT2D eigenvalue weighted by atomic mass is 16.5. The van der Waals surface area contributed by atoms with Gasteiger partial charge in [-0.15, -0.1) is 0 Å². The average molecular weight is 487 g/mol. The monoisotopic (exact) mass is 486 g/mol. The maximum Gasteiger partial charge on any atom is 0.323 e. The third-order valence-corrected chi connectivity index (χ3v) is 7.65. The van der Waals surface area contributed by atoms with Crippen molar-refractivity contribution < 1.29 is 19.1 Å². The molecule has 1 aliphatic rings. The third kappa shape index (κ3) is 3.44. The molecule has 0 heterocycles. The van der Waals surface area contributed by atoms with Crippen molar-refractivity contribution in [2.45, 2.75) is 12.8 Å². The van der Waals surface area contributed by atoms with E-state index in [-0.39, 0.29) is 12.8 Å². The summed E-state index contributed by atoms with van der Waals surface area (Å²) in [5.74, 6) is -1.13. The highest BCUT2D eigenvalue weighted by Crippen LogP contribution is 2.52. The second kappa shape index (κ2) is 8.90. The van der Waals surface area contributed by atoms with E-state index in [0.717, 1.165) is 54.9 Å². The molecule has 0 fully saturated rings. The summed E-state index contributed by atoms with van der Waals surface area (Å²) in [4.78, 5) is 26.6. The summed E-state index contributed by atoms with van der Waals surface area (Å²) in [6, 6.07) is 33.1. The number of methoxy groups -OCH3 is 2. The Morgan fingerprint density at radius 2 is 1.11 bits per heavy atom. The van der Waals surface area contributed by atoms with Crippen molar-refractivity contribution in [1.82, 2.24) is 0 Å². The highest BCUT2D eigenvalue weighted by Gasteiger charge is 2.54. The molecular weight excluding hydrogens is 460 g/mol. The molecule has 0 N–H and O–H groups in total. The Morgan fingerprint density at radius 3 is 1.70 bits per heavy atom. The first kappa shape index (κ1) is 23.0. The van der Waals surface area contributed by atoms with Crippen LogP contribution in [0.3, 0.4) is 0 Å². The maximum absolute atomic E-state index is 13.3. The van der Waals surface area contributed by atoms with Crippen LogP contribution in [-0.4, -0.2) is 26.2 Å². The van der Waals surface area contributed by atoms with Gasteiger partial charge in [-0.3, -0.25) is 9.59 Å². The lowest BCUT2D eigenvalue weighted by Crippen LogP contribution is -2.42. The quantitative estimate of drug-likeness (QED) is 0.160. The van der Waals surface area contributed by atoms with Gasteiger partial charge in [0.15, 0.2) is 5.41 Å². The zero-order chi connectivity index (χ0) is 25.6. The van der Waals surface area contributed by atoms with E-state index < -0.39 is 17.4 Å². The van der Waals surface area contributed by atoms with Crippen LogP contribution >= 0.6 is 0 Å². The lowest BCUT2D eigenvalue weighted by atomic mass is 9.83. The fourth-order valence-corrected chi connectivity index (χ4v) is 6.04. The van der Waals surface area contributed by atoms with Crippen molar-refractivity contribution >= 4 is 33.5 Å². The van der Waals surface area contributed by atoms with Crippen LogP contribution in [0.25, 0.3) is 43.8 Å². The molecule has 6 rings (SSSR count). The second-order valence-electron chi connectivity index (χ2n) is 9.57. The molecule has 0 spiro atoms. The van der Waals surface area contributed by atoms with Crippen LogP contribution in [-0.2, 0) is 31.9 Å². The van der Waals surface area contributed by atoms with Crippen LogP contribution in [0.5, 0.6) is 0 Å². The van der Waals surface area contributed by atoms with Gasteiger partial charge in [0.1, 0.15) is 0 Å². The summed E-state index contributed by atoms with van der Waals surface area (Å²) in [7, 11) is 2.66. The minimum absolute atomic E-state index is 0.213. The van der Waals surface area contributed by atoms with E-state index in [1.54, 1.807) is 0 Å². The van der Waals surface area contributed by atoms with Gasteiger partial charge in [-0.25, -0.2) is 0 Å². The Labute approximate surface area is 215 Å². The lowest BCUT2D eigenvalue weighted by molar-refractivity contribution is -0.168. The number of ether oxygens (including phenoxy) is 2. The minimum atomic E-state index is -1.44. The Hall–Kier alpha value is -4.44. The van der Waals surface area contributed by atoms with Gasteiger partial charge in [-0.2, -0.15) is 0 Å². The van der Waals surface area contributed by atoms with Crippen LogP contribution in [0, 0.1) is 5.41 Å². The topological polar surface area (TPSA) is 52.6 Å².